The number of anilines is 3. The summed E-state index contributed by atoms with van der Waals surface area (Å²) < 4.78 is 0. The maximum Gasteiger partial charge on any atom is 0.259 e. The summed E-state index contributed by atoms with van der Waals surface area (Å²) in [5, 5.41) is 3.35. The van der Waals surface area contributed by atoms with Gasteiger partial charge in [0.05, 0.1) is 17.4 Å². The number of benzene rings is 2. The minimum atomic E-state index is -0.00143. The SMILES string of the molecule is CC(C)c1ccc(Nc2cncc(C(=O)N3CCCc4ccccc43)c2)cc1. The van der Waals surface area contributed by atoms with Gasteiger partial charge in [-0.1, -0.05) is 44.2 Å². The quantitative estimate of drug-likeness (QED) is 0.655. The van der Waals surface area contributed by atoms with E-state index in [4.69, 9.17) is 0 Å². The summed E-state index contributed by atoms with van der Waals surface area (Å²) in [6.07, 6.45) is 5.40. The van der Waals surface area contributed by atoms with Gasteiger partial charge in [0.1, 0.15) is 0 Å². The monoisotopic (exact) mass is 371 g/mol. The Morgan fingerprint density at radius 2 is 1.82 bits per heavy atom. The number of carbonyl (C=O) groups is 1. The highest BCUT2D eigenvalue weighted by atomic mass is 16.2. The Morgan fingerprint density at radius 1 is 1.04 bits per heavy atom. The number of hydrogen-bond acceptors (Lipinski definition) is 3. The van der Waals surface area contributed by atoms with E-state index in [0.29, 0.717) is 11.5 Å². The molecule has 0 spiro atoms. The molecule has 3 aromatic rings. The number of amides is 1. The molecule has 0 bridgehead atoms. The molecule has 28 heavy (non-hydrogen) atoms. The number of rotatable bonds is 4. The second-order valence-electron chi connectivity index (χ2n) is 7.55. The van der Waals surface area contributed by atoms with Crippen LogP contribution in [0.3, 0.4) is 0 Å². The molecule has 4 rings (SSSR count). The van der Waals surface area contributed by atoms with E-state index in [1.807, 2.05) is 29.2 Å². The molecule has 0 saturated carbocycles. The number of nitrogens with one attached hydrogen (secondary N) is 1. The minimum Gasteiger partial charge on any atom is -0.354 e. The van der Waals surface area contributed by atoms with Gasteiger partial charge >= 0.3 is 0 Å². The molecule has 2 heterocycles. The molecule has 1 amide bonds. The number of carbonyl (C=O) groups excluding carboxylic acids is 1. The van der Waals surface area contributed by atoms with Crippen molar-refractivity contribution >= 4 is 23.0 Å². The molecule has 1 aromatic heterocycles. The maximum atomic E-state index is 13.1. The van der Waals surface area contributed by atoms with Crippen molar-refractivity contribution in [3.8, 4) is 0 Å². The van der Waals surface area contributed by atoms with Crippen molar-refractivity contribution in [3.05, 3.63) is 83.7 Å². The average molecular weight is 371 g/mol. The first kappa shape index (κ1) is 18.2. The van der Waals surface area contributed by atoms with Crippen LogP contribution in [-0.2, 0) is 6.42 Å². The molecule has 1 aliphatic rings. The molecule has 0 saturated heterocycles. The van der Waals surface area contributed by atoms with Crippen LogP contribution in [0.4, 0.5) is 17.1 Å². The lowest BCUT2D eigenvalue weighted by atomic mass is 10.0. The number of pyridine rings is 1. The Balaban J connectivity index is 1.55. The summed E-state index contributed by atoms with van der Waals surface area (Å²) in [5.74, 6) is 0.502. The van der Waals surface area contributed by atoms with E-state index in [9.17, 15) is 4.79 Å². The Hall–Kier alpha value is -3.14. The minimum absolute atomic E-state index is 0.00143. The van der Waals surface area contributed by atoms with Crippen LogP contribution in [0.5, 0.6) is 0 Å². The molecule has 142 valence electrons. The molecule has 1 aliphatic heterocycles. The molecular formula is C24H25N3O. The maximum absolute atomic E-state index is 13.1. The molecule has 0 unspecified atom stereocenters. The second-order valence-corrected chi connectivity index (χ2v) is 7.55. The largest absolute Gasteiger partial charge is 0.354 e. The van der Waals surface area contributed by atoms with Crippen LogP contribution in [0.2, 0.25) is 0 Å². The van der Waals surface area contributed by atoms with Gasteiger partial charge in [0.15, 0.2) is 0 Å². The third-order valence-corrected chi connectivity index (χ3v) is 5.21. The van der Waals surface area contributed by atoms with Crippen LogP contribution in [0.1, 0.15) is 47.7 Å². The molecule has 1 N–H and O–H groups in total. The number of aromatic nitrogens is 1. The lowest BCUT2D eigenvalue weighted by Gasteiger charge is -2.29. The second kappa shape index (κ2) is 7.85. The van der Waals surface area contributed by atoms with E-state index in [1.54, 1.807) is 12.4 Å². The molecule has 2 aromatic carbocycles. The van der Waals surface area contributed by atoms with Crippen molar-refractivity contribution in [2.45, 2.75) is 32.6 Å². The molecule has 0 fully saturated rings. The Kier molecular flexibility index (Phi) is 5.11. The number of nitrogens with zero attached hydrogens (tertiary/aromatic N) is 2. The highest BCUT2D eigenvalue weighted by Crippen LogP contribution is 2.28. The van der Waals surface area contributed by atoms with E-state index >= 15 is 0 Å². The lowest BCUT2D eigenvalue weighted by molar-refractivity contribution is 0.0985. The van der Waals surface area contributed by atoms with Crippen LogP contribution in [0.25, 0.3) is 0 Å². The highest BCUT2D eigenvalue weighted by molar-refractivity contribution is 6.07. The van der Waals surface area contributed by atoms with E-state index in [-0.39, 0.29) is 5.91 Å². The van der Waals surface area contributed by atoms with Gasteiger partial charge in [-0.05, 0) is 54.2 Å². The fourth-order valence-electron chi connectivity index (χ4n) is 3.64. The fraction of sp³-hybridized carbons (Fsp3) is 0.250. The number of hydrogen-bond donors (Lipinski definition) is 1. The normalized spacial score (nSPS) is 13.3. The summed E-state index contributed by atoms with van der Waals surface area (Å²) >= 11 is 0. The zero-order valence-corrected chi connectivity index (χ0v) is 16.4. The van der Waals surface area contributed by atoms with Gasteiger partial charge in [-0.15, -0.1) is 0 Å². The molecule has 4 nitrogen and oxygen atoms in total. The van der Waals surface area contributed by atoms with Gasteiger partial charge in [-0.2, -0.15) is 0 Å². The standard InChI is InChI=1S/C24H25N3O/c1-17(2)18-9-11-21(12-10-18)26-22-14-20(15-25-16-22)24(28)27-13-5-7-19-6-3-4-8-23(19)27/h3-4,6,8-12,14-17,26H,5,7,13H2,1-2H3. The van der Waals surface area contributed by atoms with Gasteiger partial charge in [0, 0.05) is 24.1 Å². The number of aryl methyl sites for hydroxylation is 1. The summed E-state index contributed by atoms with van der Waals surface area (Å²) in [4.78, 5) is 19.3. The average Bonchev–Trinajstić information content (AvgIpc) is 2.73. The zero-order valence-electron chi connectivity index (χ0n) is 16.4. The van der Waals surface area contributed by atoms with Crippen LogP contribution in [0, 0.1) is 0 Å². The summed E-state index contributed by atoms with van der Waals surface area (Å²) in [5.41, 5.74) is 5.94. The van der Waals surface area contributed by atoms with Crippen molar-refractivity contribution in [2.75, 3.05) is 16.8 Å². The third kappa shape index (κ3) is 3.77. The van der Waals surface area contributed by atoms with Crippen LogP contribution in [0.15, 0.2) is 67.0 Å². The number of fused-ring (bicyclic) bond motifs is 1. The van der Waals surface area contributed by atoms with Gasteiger partial charge in [-0.3, -0.25) is 9.78 Å². The third-order valence-electron chi connectivity index (χ3n) is 5.21. The van der Waals surface area contributed by atoms with Crippen molar-refractivity contribution in [1.82, 2.24) is 4.98 Å². The topological polar surface area (TPSA) is 45.2 Å². The van der Waals surface area contributed by atoms with E-state index in [0.717, 1.165) is 36.4 Å². The summed E-state index contributed by atoms with van der Waals surface area (Å²) in [7, 11) is 0. The lowest BCUT2D eigenvalue weighted by Crippen LogP contribution is -2.35. The van der Waals surface area contributed by atoms with E-state index < -0.39 is 0 Å². The first-order valence-electron chi connectivity index (χ1n) is 9.83. The molecule has 0 atom stereocenters. The highest BCUT2D eigenvalue weighted by Gasteiger charge is 2.23. The predicted octanol–water partition coefficient (Wildman–Crippen LogP) is 5.54. The summed E-state index contributed by atoms with van der Waals surface area (Å²) in [6, 6.07) is 18.4. The van der Waals surface area contributed by atoms with Gasteiger partial charge in [-0.25, -0.2) is 0 Å². The van der Waals surface area contributed by atoms with Gasteiger partial charge in [0.25, 0.3) is 5.91 Å². The Bertz CT molecular complexity index is 979. The van der Waals surface area contributed by atoms with Crippen LogP contribution >= 0.6 is 0 Å². The fourth-order valence-corrected chi connectivity index (χ4v) is 3.64. The van der Waals surface area contributed by atoms with Crippen LogP contribution in [-0.4, -0.2) is 17.4 Å². The van der Waals surface area contributed by atoms with Crippen molar-refractivity contribution < 1.29 is 4.79 Å². The first-order chi connectivity index (χ1) is 13.6. The van der Waals surface area contributed by atoms with Crippen molar-refractivity contribution in [1.29, 1.82) is 0 Å². The van der Waals surface area contributed by atoms with E-state index in [1.165, 1.54) is 11.1 Å². The van der Waals surface area contributed by atoms with Crippen molar-refractivity contribution in [2.24, 2.45) is 0 Å². The van der Waals surface area contributed by atoms with Gasteiger partial charge in [0.2, 0.25) is 0 Å². The van der Waals surface area contributed by atoms with Crippen LogP contribution < -0.4 is 10.2 Å². The molecule has 0 aliphatic carbocycles. The van der Waals surface area contributed by atoms with E-state index in [2.05, 4.69) is 54.5 Å². The number of para-hydroxylation sites is 1. The molecule has 4 heteroatoms. The molecular weight excluding hydrogens is 346 g/mol. The summed E-state index contributed by atoms with van der Waals surface area (Å²) in [6.45, 7) is 5.10. The Labute approximate surface area is 166 Å². The Morgan fingerprint density at radius 3 is 2.61 bits per heavy atom. The smallest absolute Gasteiger partial charge is 0.259 e. The first-order valence-corrected chi connectivity index (χ1v) is 9.83. The van der Waals surface area contributed by atoms with Crippen molar-refractivity contribution in [3.63, 3.8) is 0 Å². The molecule has 0 radical (unpaired) electrons. The zero-order chi connectivity index (χ0) is 19.5. The van der Waals surface area contributed by atoms with Gasteiger partial charge < -0.3 is 10.2 Å². The predicted molar refractivity (Wildman–Crippen MR) is 114 cm³/mol.